The lowest BCUT2D eigenvalue weighted by molar-refractivity contribution is -0.144. The van der Waals surface area contributed by atoms with Gasteiger partial charge in [0.25, 0.3) is 11.8 Å². The van der Waals surface area contributed by atoms with E-state index in [4.69, 9.17) is 4.84 Å². The molecular weight excluding hydrogens is 386 g/mol. The molecule has 2 saturated heterocycles. The van der Waals surface area contributed by atoms with Crippen molar-refractivity contribution in [2.45, 2.75) is 37.8 Å². The van der Waals surface area contributed by atoms with Crippen LogP contribution in [-0.2, 0) is 14.4 Å². The number of nitrogens with one attached hydrogen (secondary N) is 2. The van der Waals surface area contributed by atoms with E-state index in [1.165, 1.54) is 0 Å². The van der Waals surface area contributed by atoms with Gasteiger partial charge in [0.05, 0.1) is 5.71 Å². The minimum atomic E-state index is -0.985. The molecule has 0 saturated carbocycles. The van der Waals surface area contributed by atoms with E-state index < -0.39 is 29.3 Å². The van der Waals surface area contributed by atoms with Crippen LogP contribution in [0.3, 0.4) is 0 Å². The minimum absolute atomic E-state index is 0.0186. The fourth-order valence-corrected chi connectivity index (χ4v) is 4.11. The van der Waals surface area contributed by atoms with E-state index in [1.807, 2.05) is 0 Å². The van der Waals surface area contributed by atoms with Crippen LogP contribution >= 0.6 is 0 Å². The number of nitrogens with zero attached hydrogens (tertiary/aromatic N) is 2. The number of rotatable bonds is 3. The fourth-order valence-electron chi connectivity index (χ4n) is 4.11. The van der Waals surface area contributed by atoms with Gasteiger partial charge in [0.1, 0.15) is 17.2 Å². The number of amides is 4. The Bertz CT molecular complexity index is 913. The standard InChI is InChI=1S/C19H20F2N4O4/c1-19(17(27)22-18(28)23-19)10-4-6-25(7-5-10)16(26)15-9-14(24-29-15)12-8-11(20)2-3-13(12)21/h2-3,8,10,15H,4-7,9H2,1H3,(H2,22,23,27,28). The molecule has 3 aliphatic rings. The first-order valence-corrected chi connectivity index (χ1v) is 9.38. The van der Waals surface area contributed by atoms with Crippen molar-refractivity contribution in [3.05, 3.63) is 35.4 Å². The molecule has 8 nitrogen and oxygen atoms in total. The van der Waals surface area contributed by atoms with Gasteiger partial charge >= 0.3 is 6.03 Å². The van der Waals surface area contributed by atoms with Crippen LogP contribution in [0.15, 0.2) is 23.4 Å². The van der Waals surface area contributed by atoms with Crippen molar-refractivity contribution in [1.29, 1.82) is 0 Å². The molecule has 2 fully saturated rings. The summed E-state index contributed by atoms with van der Waals surface area (Å²) in [4.78, 5) is 43.1. The van der Waals surface area contributed by atoms with E-state index in [-0.39, 0.29) is 35.4 Å². The molecule has 154 valence electrons. The Morgan fingerprint density at radius 1 is 1.28 bits per heavy atom. The second kappa shape index (κ2) is 7.09. The van der Waals surface area contributed by atoms with Gasteiger partial charge in [-0.25, -0.2) is 13.6 Å². The van der Waals surface area contributed by atoms with Crippen LogP contribution in [0.5, 0.6) is 0 Å². The highest BCUT2D eigenvalue weighted by Gasteiger charge is 2.49. The number of hydrogen-bond acceptors (Lipinski definition) is 5. The highest BCUT2D eigenvalue weighted by molar-refractivity contribution is 6.07. The molecule has 2 unspecified atom stereocenters. The SMILES string of the molecule is CC1(C2CCN(C(=O)C3CC(c4cc(F)ccc4F)=NO3)CC2)NC(=O)NC1=O. The number of likely N-dealkylation sites (tertiary alicyclic amines) is 1. The molecule has 2 atom stereocenters. The summed E-state index contributed by atoms with van der Waals surface area (Å²) in [5, 5.41) is 8.70. The van der Waals surface area contributed by atoms with Gasteiger partial charge < -0.3 is 15.1 Å². The lowest BCUT2D eigenvalue weighted by Gasteiger charge is -2.39. The molecule has 4 amide bonds. The lowest BCUT2D eigenvalue weighted by Crippen LogP contribution is -2.55. The summed E-state index contributed by atoms with van der Waals surface area (Å²) in [6.45, 7) is 2.47. The quantitative estimate of drug-likeness (QED) is 0.739. The molecule has 10 heteroatoms. The maximum absolute atomic E-state index is 13.9. The van der Waals surface area contributed by atoms with Crippen LogP contribution in [0.1, 0.15) is 31.7 Å². The first-order valence-electron chi connectivity index (χ1n) is 9.38. The normalized spacial score (nSPS) is 27.3. The number of halogens is 2. The third kappa shape index (κ3) is 3.43. The Morgan fingerprint density at radius 3 is 2.66 bits per heavy atom. The van der Waals surface area contributed by atoms with Crippen molar-refractivity contribution < 1.29 is 28.0 Å². The number of carbonyl (C=O) groups excluding carboxylic acids is 3. The summed E-state index contributed by atoms with van der Waals surface area (Å²) < 4.78 is 27.3. The molecule has 2 N–H and O–H groups in total. The summed E-state index contributed by atoms with van der Waals surface area (Å²) in [5.74, 6) is -1.98. The molecule has 0 radical (unpaired) electrons. The summed E-state index contributed by atoms with van der Waals surface area (Å²) in [5.41, 5.74) is -0.815. The highest BCUT2D eigenvalue weighted by atomic mass is 19.1. The maximum atomic E-state index is 13.9. The van der Waals surface area contributed by atoms with Gasteiger partial charge in [-0.2, -0.15) is 0 Å². The van der Waals surface area contributed by atoms with E-state index in [0.717, 1.165) is 18.2 Å². The number of piperidine rings is 1. The maximum Gasteiger partial charge on any atom is 0.322 e. The van der Waals surface area contributed by atoms with Crippen molar-refractivity contribution in [1.82, 2.24) is 15.5 Å². The average Bonchev–Trinajstić information content (AvgIpc) is 3.28. The number of benzene rings is 1. The number of carbonyl (C=O) groups is 3. The minimum Gasteiger partial charge on any atom is -0.382 e. The van der Waals surface area contributed by atoms with Gasteiger partial charge in [-0.3, -0.25) is 14.9 Å². The number of hydrogen-bond donors (Lipinski definition) is 2. The molecular formula is C19H20F2N4O4. The van der Waals surface area contributed by atoms with E-state index >= 15 is 0 Å². The predicted octanol–water partition coefficient (Wildman–Crippen LogP) is 1.29. The van der Waals surface area contributed by atoms with Crippen molar-refractivity contribution in [2.24, 2.45) is 11.1 Å². The van der Waals surface area contributed by atoms with Crippen molar-refractivity contribution in [3.63, 3.8) is 0 Å². The van der Waals surface area contributed by atoms with Crippen LogP contribution in [0, 0.1) is 17.6 Å². The van der Waals surface area contributed by atoms with E-state index in [2.05, 4.69) is 15.8 Å². The monoisotopic (exact) mass is 406 g/mol. The van der Waals surface area contributed by atoms with Gasteiger partial charge in [-0.15, -0.1) is 0 Å². The molecule has 3 aliphatic heterocycles. The largest absolute Gasteiger partial charge is 0.382 e. The molecule has 0 aromatic heterocycles. The third-order valence-corrected chi connectivity index (χ3v) is 5.88. The predicted molar refractivity (Wildman–Crippen MR) is 96.8 cm³/mol. The second-order valence-electron chi connectivity index (χ2n) is 7.67. The molecule has 4 rings (SSSR count). The Balaban J connectivity index is 1.36. The van der Waals surface area contributed by atoms with Crippen LogP contribution in [-0.4, -0.2) is 53.2 Å². The fraction of sp³-hybridized carbons (Fsp3) is 0.474. The third-order valence-electron chi connectivity index (χ3n) is 5.88. The van der Waals surface area contributed by atoms with Crippen LogP contribution in [0.2, 0.25) is 0 Å². The zero-order valence-corrected chi connectivity index (χ0v) is 15.7. The number of oxime groups is 1. The second-order valence-corrected chi connectivity index (χ2v) is 7.67. The molecule has 3 heterocycles. The lowest BCUT2D eigenvalue weighted by atomic mass is 9.79. The topological polar surface area (TPSA) is 100 Å². The molecule has 1 aromatic rings. The van der Waals surface area contributed by atoms with Crippen molar-refractivity contribution in [3.8, 4) is 0 Å². The van der Waals surface area contributed by atoms with Gasteiger partial charge in [0, 0.05) is 25.1 Å². The van der Waals surface area contributed by atoms with Crippen LogP contribution in [0.25, 0.3) is 0 Å². The van der Waals surface area contributed by atoms with Crippen molar-refractivity contribution in [2.75, 3.05) is 13.1 Å². The Kier molecular flexibility index (Phi) is 4.71. The number of imide groups is 1. The zero-order chi connectivity index (χ0) is 20.8. The number of urea groups is 1. The average molecular weight is 406 g/mol. The van der Waals surface area contributed by atoms with Gasteiger partial charge in [-0.1, -0.05) is 5.16 Å². The molecule has 29 heavy (non-hydrogen) atoms. The van der Waals surface area contributed by atoms with Gasteiger partial charge in [-0.05, 0) is 43.9 Å². The summed E-state index contributed by atoms with van der Waals surface area (Å²) in [7, 11) is 0. The van der Waals surface area contributed by atoms with Crippen molar-refractivity contribution >= 4 is 23.6 Å². The van der Waals surface area contributed by atoms with Crippen LogP contribution < -0.4 is 10.6 Å². The van der Waals surface area contributed by atoms with Gasteiger partial charge in [0.2, 0.25) is 6.10 Å². The van der Waals surface area contributed by atoms with E-state index in [1.54, 1.807) is 11.8 Å². The Morgan fingerprint density at radius 2 is 2.00 bits per heavy atom. The molecule has 0 aliphatic carbocycles. The van der Waals surface area contributed by atoms with E-state index in [0.29, 0.717) is 25.9 Å². The zero-order valence-electron chi connectivity index (χ0n) is 15.7. The first-order chi connectivity index (χ1) is 13.8. The van der Waals surface area contributed by atoms with E-state index in [9.17, 15) is 23.2 Å². The Hall–Kier alpha value is -3.04. The highest BCUT2D eigenvalue weighted by Crippen LogP contribution is 2.31. The Labute approximate surface area is 165 Å². The molecule has 0 spiro atoms. The molecule has 1 aromatic carbocycles. The van der Waals surface area contributed by atoms with Gasteiger partial charge in [0.15, 0.2) is 0 Å². The summed E-state index contributed by atoms with van der Waals surface area (Å²) in [6, 6.07) is 2.53. The first kappa shape index (κ1) is 19.3. The molecule has 0 bridgehead atoms. The summed E-state index contributed by atoms with van der Waals surface area (Å²) in [6.07, 6.45) is 0.230. The smallest absolute Gasteiger partial charge is 0.322 e. The summed E-state index contributed by atoms with van der Waals surface area (Å²) >= 11 is 0. The van der Waals surface area contributed by atoms with Crippen LogP contribution in [0.4, 0.5) is 13.6 Å².